The van der Waals surface area contributed by atoms with Crippen LogP contribution in [0.2, 0.25) is 0 Å². The fourth-order valence-corrected chi connectivity index (χ4v) is 3.96. The van der Waals surface area contributed by atoms with Gasteiger partial charge in [0.05, 0.1) is 26.2 Å². The Kier molecular flexibility index (Phi) is 17.7. The molecule has 0 saturated carbocycles. The zero-order chi connectivity index (χ0) is 17.9. The molecule has 146 valence electrons. The molecule has 0 amide bonds. The van der Waals surface area contributed by atoms with Gasteiger partial charge in [-0.3, -0.25) is 0 Å². The lowest BCUT2D eigenvalue weighted by atomic mass is 10.1. The summed E-state index contributed by atoms with van der Waals surface area (Å²) in [5, 5.41) is 0. The molecule has 0 rings (SSSR count). The second-order valence-electron chi connectivity index (χ2n) is 8.07. The van der Waals surface area contributed by atoms with Gasteiger partial charge >= 0.3 is 0 Å². The first kappa shape index (κ1) is 24.0. The van der Waals surface area contributed by atoms with Crippen molar-refractivity contribution in [2.45, 2.75) is 124 Å². The molecule has 0 heterocycles. The maximum absolute atomic E-state index is 2.45. The van der Waals surface area contributed by atoms with Gasteiger partial charge in [0, 0.05) is 0 Å². The van der Waals surface area contributed by atoms with Gasteiger partial charge in [-0.2, -0.15) is 0 Å². The summed E-state index contributed by atoms with van der Waals surface area (Å²) in [6.07, 6.45) is 21.5. The molecule has 0 aliphatic carbocycles. The first-order valence-electron chi connectivity index (χ1n) is 11.6. The third kappa shape index (κ3) is 13.3. The normalized spacial score (nSPS) is 12.0. The molecule has 0 aliphatic rings. The van der Waals surface area contributed by atoms with E-state index in [9.17, 15) is 0 Å². The quantitative estimate of drug-likeness (QED) is 0.167. The van der Waals surface area contributed by atoms with Crippen molar-refractivity contribution >= 4 is 0 Å². The SMILES string of the molecule is CCCCCCC[N+](CC)(CCCCCCC)CCCCCCC. The van der Waals surface area contributed by atoms with Crippen LogP contribution in [0.15, 0.2) is 0 Å². The van der Waals surface area contributed by atoms with Crippen LogP contribution in [0.1, 0.15) is 124 Å². The van der Waals surface area contributed by atoms with Crippen molar-refractivity contribution < 1.29 is 4.48 Å². The molecule has 0 aromatic rings. The van der Waals surface area contributed by atoms with Crippen molar-refractivity contribution in [1.29, 1.82) is 0 Å². The fraction of sp³-hybridized carbons (Fsp3) is 1.00. The molecule has 0 N–H and O–H groups in total. The van der Waals surface area contributed by atoms with E-state index in [1.54, 1.807) is 0 Å². The van der Waals surface area contributed by atoms with Gasteiger partial charge in [-0.05, 0) is 45.4 Å². The number of quaternary nitrogens is 1. The van der Waals surface area contributed by atoms with E-state index in [0.29, 0.717) is 0 Å². The van der Waals surface area contributed by atoms with Crippen molar-refractivity contribution in [1.82, 2.24) is 0 Å². The van der Waals surface area contributed by atoms with Crippen molar-refractivity contribution in [2.75, 3.05) is 26.2 Å². The van der Waals surface area contributed by atoms with E-state index in [0.717, 1.165) is 0 Å². The number of nitrogens with zero attached hydrogens (tertiary/aromatic N) is 1. The first-order valence-corrected chi connectivity index (χ1v) is 11.6. The smallest absolute Gasteiger partial charge is 0.0786 e. The molecule has 24 heavy (non-hydrogen) atoms. The molecule has 0 fully saturated rings. The van der Waals surface area contributed by atoms with Crippen LogP contribution in [0.4, 0.5) is 0 Å². The summed E-state index contributed by atoms with van der Waals surface area (Å²) in [4.78, 5) is 0. The van der Waals surface area contributed by atoms with E-state index in [1.165, 1.54) is 127 Å². The monoisotopic (exact) mass is 340 g/mol. The van der Waals surface area contributed by atoms with E-state index in [4.69, 9.17) is 0 Å². The van der Waals surface area contributed by atoms with Gasteiger partial charge in [0.15, 0.2) is 0 Å². The molecule has 0 saturated heterocycles. The molecule has 1 nitrogen and oxygen atoms in total. The molecule has 0 bridgehead atoms. The number of hydrogen-bond donors (Lipinski definition) is 0. The summed E-state index contributed by atoms with van der Waals surface area (Å²) in [6, 6.07) is 0. The van der Waals surface area contributed by atoms with Crippen molar-refractivity contribution in [2.24, 2.45) is 0 Å². The minimum Gasteiger partial charge on any atom is -0.324 e. The highest BCUT2D eigenvalue weighted by atomic mass is 15.3. The second-order valence-corrected chi connectivity index (χ2v) is 8.07. The molecule has 0 radical (unpaired) electrons. The van der Waals surface area contributed by atoms with Crippen LogP contribution in [0.5, 0.6) is 0 Å². The zero-order valence-corrected chi connectivity index (χ0v) is 17.9. The van der Waals surface area contributed by atoms with Crippen LogP contribution < -0.4 is 0 Å². The highest BCUT2D eigenvalue weighted by Crippen LogP contribution is 2.17. The van der Waals surface area contributed by atoms with E-state index in [-0.39, 0.29) is 0 Å². The second kappa shape index (κ2) is 17.8. The van der Waals surface area contributed by atoms with Gasteiger partial charge in [0.25, 0.3) is 0 Å². The van der Waals surface area contributed by atoms with Gasteiger partial charge in [0.2, 0.25) is 0 Å². The van der Waals surface area contributed by atoms with Crippen LogP contribution in [-0.4, -0.2) is 30.7 Å². The van der Waals surface area contributed by atoms with Crippen LogP contribution >= 0.6 is 0 Å². The van der Waals surface area contributed by atoms with E-state index in [2.05, 4.69) is 27.7 Å². The molecule has 0 unspecified atom stereocenters. The number of hydrogen-bond acceptors (Lipinski definition) is 0. The average molecular weight is 341 g/mol. The van der Waals surface area contributed by atoms with Crippen molar-refractivity contribution in [3.05, 3.63) is 0 Å². The highest BCUT2D eigenvalue weighted by molar-refractivity contribution is 4.51. The Balaban J connectivity index is 4.23. The molecular weight excluding hydrogens is 290 g/mol. The van der Waals surface area contributed by atoms with Gasteiger partial charge in [-0.25, -0.2) is 0 Å². The molecule has 0 aromatic heterocycles. The van der Waals surface area contributed by atoms with Crippen LogP contribution in [0.25, 0.3) is 0 Å². The predicted molar refractivity (Wildman–Crippen MR) is 112 cm³/mol. The number of unbranched alkanes of at least 4 members (excludes halogenated alkanes) is 12. The summed E-state index contributed by atoms with van der Waals surface area (Å²) < 4.78 is 1.42. The molecular formula is C23H50N+. The molecule has 1 heteroatoms. The topological polar surface area (TPSA) is 0 Å². The standard InChI is InChI=1S/C23H50N/c1-5-9-12-15-18-21-24(8-4,22-19-16-13-10-6-2)23-20-17-14-11-7-3/h5-23H2,1-4H3/q+1. The summed E-state index contributed by atoms with van der Waals surface area (Å²) >= 11 is 0. The number of rotatable bonds is 19. The van der Waals surface area contributed by atoms with Crippen molar-refractivity contribution in [3.8, 4) is 0 Å². The third-order valence-corrected chi connectivity index (χ3v) is 5.88. The lowest BCUT2D eigenvalue weighted by Crippen LogP contribution is -2.50. The van der Waals surface area contributed by atoms with Crippen LogP contribution in [0.3, 0.4) is 0 Å². The van der Waals surface area contributed by atoms with E-state index < -0.39 is 0 Å². The van der Waals surface area contributed by atoms with E-state index >= 15 is 0 Å². The van der Waals surface area contributed by atoms with Crippen LogP contribution in [0, 0.1) is 0 Å². The minimum atomic E-state index is 1.36. The Labute approximate surface area is 155 Å². The maximum Gasteiger partial charge on any atom is 0.0786 e. The lowest BCUT2D eigenvalue weighted by Gasteiger charge is -2.38. The highest BCUT2D eigenvalue weighted by Gasteiger charge is 2.23. The van der Waals surface area contributed by atoms with Crippen LogP contribution in [-0.2, 0) is 0 Å². The minimum absolute atomic E-state index is 1.36. The lowest BCUT2D eigenvalue weighted by molar-refractivity contribution is -0.927. The summed E-state index contributed by atoms with van der Waals surface area (Å²) in [7, 11) is 0. The van der Waals surface area contributed by atoms with Crippen molar-refractivity contribution in [3.63, 3.8) is 0 Å². The fourth-order valence-electron chi connectivity index (χ4n) is 3.96. The Bertz CT molecular complexity index is 200. The summed E-state index contributed by atoms with van der Waals surface area (Å²) in [5.41, 5.74) is 0. The Morgan fingerprint density at radius 2 is 0.667 bits per heavy atom. The Morgan fingerprint density at radius 3 is 0.917 bits per heavy atom. The van der Waals surface area contributed by atoms with Gasteiger partial charge < -0.3 is 4.48 Å². The third-order valence-electron chi connectivity index (χ3n) is 5.88. The van der Waals surface area contributed by atoms with Gasteiger partial charge in [-0.1, -0.05) is 78.6 Å². The zero-order valence-electron chi connectivity index (χ0n) is 17.9. The maximum atomic E-state index is 2.45. The summed E-state index contributed by atoms with van der Waals surface area (Å²) in [5.74, 6) is 0. The molecule has 0 atom stereocenters. The van der Waals surface area contributed by atoms with Gasteiger partial charge in [0.1, 0.15) is 0 Å². The molecule has 0 aromatic carbocycles. The Morgan fingerprint density at radius 1 is 0.375 bits per heavy atom. The molecule has 0 spiro atoms. The predicted octanol–water partition coefficient (Wildman–Crippen LogP) is 7.73. The Hall–Kier alpha value is -0.0400. The average Bonchev–Trinajstić information content (AvgIpc) is 2.60. The largest absolute Gasteiger partial charge is 0.324 e. The van der Waals surface area contributed by atoms with Gasteiger partial charge in [-0.15, -0.1) is 0 Å². The molecule has 0 aliphatic heterocycles. The van der Waals surface area contributed by atoms with E-state index in [1.807, 2.05) is 0 Å². The first-order chi connectivity index (χ1) is 11.7. The summed E-state index contributed by atoms with van der Waals surface area (Å²) in [6.45, 7) is 15.1.